The maximum atomic E-state index is 12.6. The summed E-state index contributed by atoms with van der Waals surface area (Å²) in [6, 6.07) is 7.33. The number of amides is 2. The monoisotopic (exact) mass is 328 g/mol. The van der Waals surface area contributed by atoms with Gasteiger partial charge < -0.3 is 10.1 Å². The zero-order chi connectivity index (χ0) is 17.5. The van der Waals surface area contributed by atoms with E-state index in [1.54, 1.807) is 4.90 Å². The van der Waals surface area contributed by atoms with Crippen LogP contribution in [-0.4, -0.2) is 25.2 Å². The third-order valence-electron chi connectivity index (χ3n) is 4.89. The largest absolute Gasteiger partial charge is 0.447 e. The second kappa shape index (κ2) is 5.96. The number of rotatable bonds is 4. The molecule has 128 valence electrons. The lowest BCUT2D eigenvalue weighted by molar-refractivity contribution is -0.118. The first-order valence-corrected chi connectivity index (χ1v) is 8.31. The molecule has 2 aliphatic rings. The molecule has 0 spiro atoms. The minimum Gasteiger partial charge on any atom is -0.447 e. The van der Waals surface area contributed by atoms with Crippen LogP contribution in [0.25, 0.3) is 0 Å². The van der Waals surface area contributed by atoms with Gasteiger partial charge in [0, 0.05) is 11.4 Å². The molecule has 2 atom stereocenters. The van der Waals surface area contributed by atoms with E-state index in [-0.39, 0.29) is 29.3 Å². The molecular formula is C19H24N2O3. The summed E-state index contributed by atoms with van der Waals surface area (Å²) in [5, 5.41) is 2.99. The lowest BCUT2D eigenvalue weighted by atomic mass is 10.1. The number of anilines is 2. The Balaban J connectivity index is 1.72. The average molecular weight is 328 g/mol. The number of allylic oxidation sites excluding steroid dienone is 2. The summed E-state index contributed by atoms with van der Waals surface area (Å²) in [4.78, 5) is 25.9. The summed E-state index contributed by atoms with van der Waals surface area (Å²) in [5.74, 6) is 0.288. The number of carbonyl (C=O) groups excluding carboxylic acids is 2. The third kappa shape index (κ3) is 3.03. The van der Waals surface area contributed by atoms with Crippen LogP contribution < -0.4 is 10.2 Å². The highest BCUT2D eigenvalue weighted by molar-refractivity contribution is 5.97. The van der Waals surface area contributed by atoms with Crippen LogP contribution in [-0.2, 0) is 9.53 Å². The molecule has 0 bridgehead atoms. The minimum absolute atomic E-state index is 0.0161. The summed E-state index contributed by atoms with van der Waals surface area (Å²) < 4.78 is 4.96. The maximum Gasteiger partial charge on any atom is 0.414 e. The fourth-order valence-electron chi connectivity index (χ4n) is 3.45. The van der Waals surface area contributed by atoms with Gasteiger partial charge in [-0.2, -0.15) is 0 Å². The number of nitrogens with zero attached hydrogens (tertiary/aromatic N) is 1. The van der Waals surface area contributed by atoms with Crippen LogP contribution >= 0.6 is 0 Å². The van der Waals surface area contributed by atoms with E-state index in [0.29, 0.717) is 18.8 Å². The fraction of sp³-hybridized carbons (Fsp3) is 0.474. The first-order valence-electron chi connectivity index (χ1n) is 8.31. The molecule has 5 nitrogen and oxygen atoms in total. The van der Waals surface area contributed by atoms with Crippen molar-refractivity contribution in [3.8, 4) is 0 Å². The van der Waals surface area contributed by atoms with E-state index in [1.165, 1.54) is 5.57 Å². The van der Waals surface area contributed by atoms with Crippen LogP contribution in [0, 0.1) is 17.3 Å². The number of hydrogen-bond donors (Lipinski definition) is 1. The molecule has 1 aliphatic heterocycles. The van der Waals surface area contributed by atoms with Crippen LogP contribution in [0.5, 0.6) is 0 Å². The topological polar surface area (TPSA) is 58.6 Å². The number of ether oxygens (including phenoxy) is 1. The van der Waals surface area contributed by atoms with Gasteiger partial charge in [-0.25, -0.2) is 4.79 Å². The summed E-state index contributed by atoms with van der Waals surface area (Å²) in [6.07, 6.45) is 1.84. The number of carbonyl (C=O) groups is 2. The van der Waals surface area contributed by atoms with Gasteiger partial charge in [0.2, 0.25) is 5.91 Å². The standard InChI is InChI=1S/C19H24N2O3/c1-12(2)10-15-16(19(15,3)4)17(22)20-13-6-5-7-14(11-13)21-8-9-24-18(21)23/h5-7,10-11,15-16H,8-9H2,1-4H3,(H,20,22)/t15-,16+/m1/s1. The molecule has 1 aliphatic carbocycles. The van der Waals surface area contributed by atoms with Crippen LogP contribution in [0.3, 0.4) is 0 Å². The Hall–Kier alpha value is -2.30. The fourth-order valence-corrected chi connectivity index (χ4v) is 3.45. The zero-order valence-corrected chi connectivity index (χ0v) is 14.6. The molecule has 1 heterocycles. The summed E-state index contributed by atoms with van der Waals surface area (Å²) in [6.45, 7) is 9.30. The summed E-state index contributed by atoms with van der Waals surface area (Å²) >= 11 is 0. The Morgan fingerprint density at radius 1 is 1.38 bits per heavy atom. The van der Waals surface area contributed by atoms with E-state index < -0.39 is 0 Å². The van der Waals surface area contributed by atoms with E-state index >= 15 is 0 Å². The van der Waals surface area contributed by atoms with Crippen LogP contribution in [0.1, 0.15) is 27.7 Å². The van der Waals surface area contributed by atoms with E-state index in [4.69, 9.17) is 4.74 Å². The first kappa shape index (κ1) is 16.6. The molecule has 0 unspecified atom stereocenters. The Morgan fingerprint density at radius 3 is 2.75 bits per heavy atom. The van der Waals surface area contributed by atoms with Gasteiger partial charge in [0.15, 0.2) is 0 Å². The molecule has 5 heteroatoms. The number of benzene rings is 1. The van der Waals surface area contributed by atoms with Gasteiger partial charge in [0.1, 0.15) is 6.61 Å². The Morgan fingerprint density at radius 2 is 2.12 bits per heavy atom. The van der Waals surface area contributed by atoms with E-state index in [0.717, 1.165) is 5.69 Å². The number of cyclic esters (lactones) is 1. The third-order valence-corrected chi connectivity index (χ3v) is 4.89. The molecule has 2 fully saturated rings. The van der Waals surface area contributed by atoms with Gasteiger partial charge in [-0.3, -0.25) is 9.69 Å². The van der Waals surface area contributed by atoms with Gasteiger partial charge in [-0.15, -0.1) is 0 Å². The molecule has 1 saturated heterocycles. The molecule has 1 saturated carbocycles. The van der Waals surface area contributed by atoms with Crippen molar-refractivity contribution in [3.63, 3.8) is 0 Å². The van der Waals surface area contributed by atoms with Crippen molar-refractivity contribution >= 4 is 23.4 Å². The molecule has 3 rings (SSSR count). The van der Waals surface area contributed by atoms with Crippen LogP contribution in [0.4, 0.5) is 16.2 Å². The van der Waals surface area contributed by atoms with Gasteiger partial charge in [-0.1, -0.05) is 31.6 Å². The van der Waals surface area contributed by atoms with Crippen molar-refractivity contribution in [3.05, 3.63) is 35.9 Å². The zero-order valence-electron chi connectivity index (χ0n) is 14.6. The molecule has 1 aromatic rings. The first-order chi connectivity index (χ1) is 11.3. The number of nitrogens with one attached hydrogen (secondary N) is 1. The Kier molecular flexibility index (Phi) is 4.11. The van der Waals surface area contributed by atoms with Crippen molar-refractivity contribution in [1.82, 2.24) is 0 Å². The van der Waals surface area contributed by atoms with Crippen molar-refractivity contribution in [2.45, 2.75) is 27.7 Å². The van der Waals surface area contributed by atoms with Crippen molar-refractivity contribution in [2.75, 3.05) is 23.4 Å². The highest BCUT2D eigenvalue weighted by Crippen LogP contribution is 2.59. The smallest absolute Gasteiger partial charge is 0.414 e. The maximum absolute atomic E-state index is 12.6. The molecule has 2 amide bonds. The predicted octanol–water partition coefficient (Wildman–Crippen LogP) is 3.82. The van der Waals surface area contributed by atoms with E-state index in [9.17, 15) is 9.59 Å². The minimum atomic E-state index is -0.342. The lowest BCUT2D eigenvalue weighted by Crippen LogP contribution is -2.23. The quantitative estimate of drug-likeness (QED) is 0.855. The van der Waals surface area contributed by atoms with E-state index in [2.05, 4.69) is 39.1 Å². The molecule has 1 aromatic carbocycles. The van der Waals surface area contributed by atoms with Crippen molar-refractivity contribution in [1.29, 1.82) is 0 Å². The van der Waals surface area contributed by atoms with Gasteiger partial charge >= 0.3 is 6.09 Å². The predicted molar refractivity (Wildman–Crippen MR) is 94.0 cm³/mol. The average Bonchev–Trinajstić information content (AvgIpc) is 2.82. The van der Waals surface area contributed by atoms with E-state index in [1.807, 2.05) is 24.3 Å². The molecule has 1 N–H and O–H groups in total. The number of hydrogen-bond acceptors (Lipinski definition) is 3. The highest BCUT2D eigenvalue weighted by atomic mass is 16.6. The molecule has 0 radical (unpaired) electrons. The molecule has 0 aromatic heterocycles. The van der Waals surface area contributed by atoms with Crippen molar-refractivity contribution in [2.24, 2.45) is 17.3 Å². The van der Waals surface area contributed by atoms with Gasteiger partial charge in [0.25, 0.3) is 0 Å². The van der Waals surface area contributed by atoms with Gasteiger partial charge in [0.05, 0.1) is 12.5 Å². The second-order valence-corrected chi connectivity index (χ2v) is 7.37. The summed E-state index contributed by atoms with van der Waals surface area (Å²) in [5.41, 5.74) is 2.66. The second-order valence-electron chi connectivity index (χ2n) is 7.37. The van der Waals surface area contributed by atoms with Crippen LogP contribution in [0.15, 0.2) is 35.9 Å². The Labute approximate surface area is 142 Å². The Bertz CT molecular complexity index is 704. The molecular weight excluding hydrogens is 304 g/mol. The highest BCUT2D eigenvalue weighted by Gasteiger charge is 2.60. The lowest BCUT2D eigenvalue weighted by Gasteiger charge is -2.14. The van der Waals surface area contributed by atoms with Crippen LogP contribution in [0.2, 0.25) is 0 Å². The summed E-state index contributed by atoms with van der Waals surface area (Å²) in [7, 11) is 0. The molecule has 24 heavy (non-hydrogen) atoms. The SMILES string of the molecule is CC(C)=C[C@@H]1[C@@H](C(=O)Nc2cccc(N3CCOC3=O)c2)C1(C)C. The van der Waals surface area contributed by atoms with Crippen molar-refractivity contribution < 1.29 is 14.3 Å². The van der Waals surface area contributed by atoms with Gasteiger partial charge in [-0.05, 0) is 43.4 Å². The normalized spacial score (nSPS) is 24.3.